The van der Waals surface area contributed by atoms with Crippen molar-refractivity contribution in [2.75, 3.05) is 31.6 Å². The molecule has 0 aliphatic carbocycles. The van der Waals surface area contributed by atoms with Gasteiger partial charge in [0.25, 0.3) is 0 Å². The number of nitrogens with zero attached hydrogens (tertiary/aromatic N) is 2. The van der Waals surface area contributed by atoms with E-state index in [0.29, 0.717) is 12.6 Å². The molecule has 1 unspecified atom stereocenters. The predicted octanol–water partition coefficient (Wildman–Crippen LogP) is 2.11. The second-order valence-corrected chi connectivity index (χ2v) is 6.21. The first-order chi connectivity index (χ1) is 8.97. The van der Waals surface area contributed by atoms with Gasteiger partial charge >= 0.3 is 0 Å². The molecule has 1 aliphatic heterocycles. The molecule has 1 saturated heterocycles. The molecule has 3 nitrogen and oxygen atoms in total. The third-order valence-electron chi connectivity index (χ3n) is 4.49. The third kappa shape index (κ3) is 2.93. The Labute approximate surface area is 117 Å². The van der Waals surface area contributed by atoms with E-state index in [1.54, 1.807) is 0 Å². The summed E-state index contributed by atoms with van der Waals surface area (Å²) < 4.78 is 0. The van der Waals surface area contributed by atoms with Crippen LogP contribution in [-0.4, -0.2) is 43.2 Å². The Bertz CT molecular complexity index is 411. The van der Waals surface area contributed by atoms with E-state index in [4.69, 9.17) is 5.73 Å². The average Bonchev–Trinajstić information content (AvgIpc) is 2.41. The molecule has 2 N–H and O–H groups in total. The van der Waals surface area contributed by atoms with Crippen molar-refractivity contribution in [3.63, 3.8) is 0 Å². The minimum Gasteiger partial charge on any atom is -0.368 e. The molecule has 1 aromatic carbocycles. The molecular weight excluding hydrogens is 234 g/mol. The van der Waals surface area contributed by atoms with Gasteiger partial charge in [-0.05, 0) is 45.0 Å². The summed E-state index contributed by atoms with van der Waals surface area (Å²) in [5, 5.41) is 0. The fraction of sp³-hybridized carbons (Fsp3) is 0.625. The van der Waals surface area contributed by atoms with Gasteiger partial charge in [0, 0.05) is 36.9 Å². The molecule has 106 valence electrons. The summed E-state index contributed by atoms with van der Waals surface area (Å²) >= 11 is 0. The van der Waals surface area contributed by atoms with E-state index in [2.05, 4.69) is 61.9 Å². The summed E-state index contributed by atoms with van der Waals surface area (Å²) in [6.07, 6.45) is 1.10. The van der Waals surface area contributed by atoms with Crippen LogP contribution in [0.4, 0.5) is 5.69 Å². The van der Waals surface area contributed by atoms with Crippen LogP contribution >= 0.6 is 0 Å². The summed E-state index contributed by atoms with van der Waals surface area (Å²) in [7, 11) is 2.19. The summed E-state index contributed by atoms with van der Waals surface area (Å²) in [6.45, 7) is 9.56. The molecule has 0 spiro atoms. The second kappa shape index (κ2) is 5.51. The van der Waals surface area contributed by atoms with Crippen molar-refractivity contribution in [1.82, 2.24) is 4.90 Å². The lowest BCUT2D eigenvalue weighted by atomic mass is 9.95. The molecule has 19 heavy (non-hydrogen) atoms. The first kappa shape index (κ1) is 14.4. The number of piperazine rings is 1. The van der Waals surface area contributed by atoms with Crippen molar-refractivity contribution in [2.24, 2.45) is 5.73 Å². The van der Waals surface area contributed by atoms with Crippen LogP contribution in [0.3, 0.4) is 0 Å². The van der Waals surface area contributed by atoms with E-state index in [1.807, 2.05) is 0 Å². The van der Waals surface area contributed by atoms with E-state index >= 15 is 0 Å². The lowest BCUT2D eigenvalue weighted by Crippen LogP contribution is -2.64. The molecular formula is C16H27N3. The average molecular weight is 261 g/mol. The van der Waals surface area contributed by atoms with Gasteiger partial charge in [-0.1, -0.05) is 19.1 Å². The lowest BCUT2D eigenvalue weighted by Gasteiger charge is -2.50. The highest BCUT2D eigenvalue weighted by Crippen LogP contribution is 2.27. The molecule has 2 rings (SSSR count). The number of anilines is 1. The van der Waals surface area contributed by atoms with Gasteiger partial charge in [-0.2, -0.15) is 0 Å². The lowest BCUT2D eigenvalue weighted by molar-refractivity contribution is 0.0845. The smallest absolute Gasteiger partial charge is 0.0396 e. The zero-order chi connectivity index (χ0) is 14.0. The molecule has 0 saturated carbocycles. The van der Waals surface area contributed by atoms with Crippen molar-refractivity contribution in [1.29, 1.82) is 0 Å². The van der Waals surface area contributed by atoms with Gasteiger partial charge in [0.1, 0.15) is 0 Å². The predicted molar refractivity (Wildman–Crippen MR) is 82.7 cm³/mol. The van der Waals surface area contributed by atoms with Crippen LogP contribution in [0, 0.1) is 0 Å². The van der Waals surface area contributed by atoms with Crippen molar-refractivity contribution in [3.05, 3.63) is 29.8 Å². The van der Waals surface area contributed by atoms with Gasteiger partial charge in [0.15, 0.2) is 0 Å². The van der Waals surface area contributed by atoms with Gasteiger partial charge in [-0.25, -0.2) is 0 Å². The highest BCUT2D eigenvalue weighted by atomic mass is 15.3. The molecule has 1 heterocycles. The molecule has 0 bridgehead atoms. The first-order valence-corrected chi connectivity index (χ1v) is 7.25. The second-order valence-electron chi connectivity index (χ2n) is 6.21. The summed E-state index contributed by atoms with van der Waals surface area (Å²) in [4.78, 5) is 4.89. The number of benzene rings is 1. The maximum absolute atomic E-state index is 5.93. The van der Waals surface area contributed by atoms with E-state index in [1.165, 1.54) is 11.3 Å². The Kier molecular flexibility index (Phi) is 4.16. The van der Waals surface area contributed by atoms with Crippen molar-refractivity contribution in [2.45, 2.75) is 38.8 Å². The van der Waals surface area contributed by atoms with Crippen molar-refractivity contribution < 1.29 is 0 Å². The van der Waals surface area contributed by atoms with Gasteiger partial charge in [0.05, 0.1) is 0 Å². The summed E-state index contributed by atoms with van der Waals surface area (Å²) in [5.41, 5.74) is 8.80. The zero-order valence-electron chi connectivity index (χ0n) is 12.7. The van der Waals surface area contributed by atoms with Crippen LogP contribution in [0.5, 0.6) is 0 Å². The number of likely N-dealkylation sites (N-methyl/N-ethyl adjacent to an activating group) is 1. The van der Waals surface area contributed by atoms with Crippen LogP contribution in [0.1, 0.15) is 26.3 Å². The Morgan fingerprint density at radius 2 is 1.89 bits per heavy atom. The summed E-state index contributed by atoms with van der Waals surface area (Å²) in [6, 6.07) is 9.38. The quantitative estimate of drug-likeness (QED) is 0.904. The van der Waals surface area contributed by atoms with E-state index < -0.39 is 0 Å². The van der Waals surface area contributed by atoms with Crippen molar-refractivity contribution in [3.8, 4) is 0 Å². The van der Waals surface area contributed by atoms with Crippen molar-refractivity contribution >= 4 is 5.69 Å². The fourth-order valence-electron chi connectivity index (χ4n) is 2.89. The third-order valence-corrected chi connectivity index (χ3v) is 4.49. The highest BCUT2D eigenvalue weighted by molar-refractivity contribution is 5.49. The van der Waals surface area contributed by atoms with Crippen LogP contribution in [-0.2, 0) is 6.42 Å². The monoisotopic (exact) mass is 261 g/mol. The number of rotatable bonds is 3. The Morgan fingerprint density at radius 1 is 1.26 bits per heavy atom. The number of hydrogen-bond donors (Lipinski definition) is 1. The maximum atomic E-state index is 5.93. The Morgan fingerprint density at radius 3 is 2.42 bits per heavy atom. The maximum Gasteiger partial charge on any atom is 0.0396 e. The Balaban J connectivity index is 2.19. The van der Waals surface area contributed by atoms with Gasteiger partial charge in [-0.15, -0.1) is 0 Å². The largest absolute Gasteiger partial charge is 0.368 e. The van der Waals surface area contributed by atoms with E-state index in [0.717, 1.165) is 19.5 Å². The fourth-order valence-corrected chi connectivity index (χ4v) is 2.89. The molecule has 0 aromatic heterocycles. The molecule has 1 aliphatic rings. The van der Waals surface area contributed by atoms with Crippen LogP contribution < -0.4 is 10.6 Å². The standard InChI is InChI=1S/C16H27N3/c1-5-13-6-8-14(9-7-13)19-11-15(10-17)18(4)16(2,3)12-19/h6-9,15H,5,10-12,17H2,1-4H3. The minimum atomic E-state index is 0.158. The van der Waals surface area contributed by atoms with E-state index in [9.17, 15) is 0 Å². The molecule has 1 fully saturated rings. The van der Waals surface area contributed by atoms with Crippen LogP contribution in [0.2, 0.25) is 0 Å². The minimum absolute atomic E-state index is 0.158. The normalized spacial score (nSPS) is 23.6. The van der Waals surface area contributed by atoms with Gasteiger partial charge < -0.3 is 10.6 Å². The van der Waals surface area contributed by atoms with Gasteiger partial charge in [-0.3, -0.25) is 4.90 Å². The molecule has 3 heteroatoms. The molecule has 0 amide bonds. The topological polar surface area (TPSA) is 32.5 Å². The zero-order valence-corrected chi connectivity index (χ0v) is 12.7. The van der Waals surface area contributed by atoms with Crippen LogP contribution in [0.15, 0.2) is 24.3 Å². The number of hydrogen-bond acceptors (Lipinski definition) is 3. The first-order valence-electron chi connectivity index (χ1n) is 7.25. The number of nitrogens with two attached hydrogens (primary N) is 1. The molecule has 1 atom stereocenters. The Hall–Kier alpha value is -1.06. The highest BCUT2D eigenvalue weighted by Gasteiger charge is 2.36. The molecule has 0 radical (unpaired) electrons. The summed E-state index contributed by atoms with van der Waals surface area (Å²) in [5.74, 6) is 0. The van der Waals surface area contributed by atoms with Gasteiger partial charge in [0.2, 0.25) is 0 Å². The van der Waals surface area contributed by atoms with E-state index in [-0.39, 0.29) is 5.54 Å². The molecule has 1 aromatic rings. The number of aryl methyl sites for hydroxylation is 1. The van der Waals surface area contributed by atoms with Crippen LogP contribution in [0.25, 0.3) is 0 Å². The SMILES string of the molecule is CCc1ccc(N2CC(CN)N(C)C(C)(C)C2)cc1.